The van der Waals surface area contributed by atoms with Crippen molar-refractivity contribution in [2.75, 3.05) is 11.4 Å². The SMILES string of the molecule is COc1ccc(N(Cc2cccc3cccnc23)S(=O)(=O)c2ccccc2)cc1. The molecule has 0 amide bonds. The summed E-state index contributed by atoms with van der Waals surface area (Å²) in [5.74, 6) is 0.664. The topological polar surface area (TPSA) is 59.5 Å². The van der Waals surface area contributed by atoms with Gasteiger partial charge in [-0.05, 0) is 48.0 Å². The molecule has 0 saturated carbocycles. The summed E-state index contributed by atoms with van der Waals surface area (Å²) < 4.78 is 33.6. The summed E-state index contributed by atoms with van der Waals surface area (Å²) in [5.41, 5.74) is 2.18. The van der Waals surface area contributed by atoms with Crippen molar-refractivity contribution in [3.63, 3.8) is 0 Å². The second-order valence-corrected chi connectivity index (χ2v) is 8.38. The van der Waals surface area contributed by atoms with Gasteiger partial charge in [-0.1, -0.05) is 42.5 Å². The summed E-state index contributed by atoms with van der Waals surface area (Å²) in [6, 6.07) is 25.1. The third-order valence-corrected chi connectivity index (χ3v) is 6.51. The molecular weight excluding hydrogens is 384 g/mol. The Labute approximate surface area is 170 Å². The van der Waals surface area contributed by atoms with Crippen LogP contribution in [-0.2, 0) is 16.6 Å². The van der Waals surface area contributed by atoms with Crippen molar-refractivity contribution in [3.8, 4) is 5.75 Å². The summed E-state index contributed by atoms with van der Waals surface area (Å²) in [6.07, 6.45) is 1.72. The quantitative estimate of drug-likeness (QED) is 0.470. The van der Waals surface area contributed by atoms with E-state index >= 15 is 0 Å². The van der Waals surface area contributed by atoms with Crippen LogP contribution in [-0.4, -0.2) is 20.5 Å². The Hall–Kier alpha value is -3.38. The van der Waals surface area contributed by atoms with Gasteiger partial charge in [0.15, 0.2) is 0 Å². The molecule has 0 N–H and O–H groups in total. The second-order valence-electron chi connectivity index (χ2n) is 6.52. The summed E-state index contributed by atoms with van der Waals surface area (Å²) >= 11 is 0. The Balaban J connectivity index is 1.83. The Morgan fingerprint density at radius 2 is 1.59 bits per heavy atom. The van der Waals surface area contributed by atoms with Gasteiger partial charge >= 0.3 is 0 Å². The van der Waals surface area contributed by atoms with E-state index in [0.29, 0.717) is 11.4 Å². The van der Waals surface area contributed by atoms with Crippen LogP contribution in [0.25, 0.3) is 10.9 Å². The number of aromatic nitrogens is 1. The molecule has 0 bridgehead atoms. The third-order valence-electron chi connectivity index (χ3n) is 4.72. The highest BCUT2D eigenvalue weighted by atomic mass is 32.2. The molecule has 3 aromatic carbocycles. The van der Waals surface area contributed by atoms with Crippen molar-refractivity contribution < 1.29 is 13.2 Å². The highest BCUT2D eigenvalue weighted by Gasteiger charge is 2.26. The lowest BCUT2D eigenvalue weighted by Crippen LogP contribution is -2.30. The number of ether oxygens (including phenoxy) is 1. The molecule has 0 spiro atoms. The molecule has 0 aliphatic heterocycles. The van der Waals surface area contributed by atoms with Crippen molar-refractivity contribution in [1.82, 2.24) is 4.98 Å². The van der Waals surface area contributed by atoms with Crippen LogP contribution in [0, 0.1) is 0 Å². The number of pyridine rings is 1. The van der Waals surface area contributed by atoms with Crippen LogP contribution in [0.4, 0.5) is 5.69 Å². The molecule has 0 fully saturated rings. The number of nitrogens with zero attached hydrogens (tertiary/aromatic N) is 2. The Kier molecular flexibility index (Phi) is 5.18. The lowest BCUT2D eigenvalue weighted by atomic mass is 10.1. The van der Waals surface area contributed by atoms with Crippen molar-refractivity contribution in [1.29, 1.82) is 0 Å². The van der Waals surface area contributed by atoms with Crippen molar-refractivity contribution in [2.45, 2.75) is 11.4 Å². The fraction of sp³-hybridized carbons (Fsp3) is 0.0870. The minimum absolute atomic E-state index is 0.165. The zero-order valence-corrected chi connectivity index (χ0v) is 16.7. The molecular formula is C23H20N2O3S. The minimum Gasteiger partial charge on any atom is -0.497 e. The van der Waals surface area contributed by atoms with Crippen LogP contribution >= 0.6 is 0 Å². The molecule has 0 radical (unpaired) electrons. The molecule has 1 heterocycles. The van der Waals surface area contributed by atoms with Crippen LogP contribution in [0.1, 0.15) is 5.56 Å². The van der Waals surface area contributed by atoms with E-state index in [1.165, 1.54) is 4.31 Å². The number of rotatable bonds is 6. The molecule has 4 rings (SSSR count). The lowest BCUT2D eigenvalue weighted by molar-refractivity contribution is 0.415. The van der Waals surface area contributed by atoms with Crippen LogP contribution < -0.4 is 9.04 Å². The van der Waals surface area contributed by atoms with Gasteiger partial charge in [-0.3, -0.25) is 9.29 Å². The number of fused-ring (bicyclic) bond motifs is 1. The van der Waals surface area contributed by atoms with Crippen LogP contribution in [0.15, 0.2) is 96.0 Å². The predicted molar refractivity (Wildman–Crippen MR) is 115 cm³/mol. The Bertz CT molecular complexity index is 1220. The predicted octanol–water partition coefficient (Wildman–Crippen LogP) is 4.64. The van der Waals surface area contributed by atoms with E-state index in [-0.39, 0.29) is 11.4 Å². The molecule has 0 saturated heterocycles. The highest BCUT2D eigenvalue weighted by Crippen LogP contribution is 2.29. The smallest absolute Gasteiger partial charge is 0.264 e. The molecule has 1 aromatic heterocycles. The summed E-state index contributed by atoms with van der Waals surface area (Å²) in [7, 11) is -2.20. The number of para-hydroxylation sites is 1. The zero-order valence-electron chi connectivity index (χ0n) is 15.9. The van der Waals surface area contributed by atoms with E-state index in [1.54, 1.807) is 67.9 Å². The fourth-order valence-electron chi connectivity index (χ4n) is 3.23. The van der Waals surface area contributed by atoms with Gasteiger partial charge in [0.05, 0.1) is 29.8 Å². The van der Waals surface area contributed by atoms with Crippen LogP contribution in [0.5, 0.6) is 5.75 Å². The third kappa shape index (κ3) is 3.79. The first-order valence-electron chi connectivity index (χ1n) is 9.14. The molecule has 0 aliphatic carbocycles. The van der Waals surface area contributed by atoms with Gasteiger partial charge in [0, 0.05) is 11.6 Å². The van der Waals surface area contributed by atoms with E-state index in [2.05, 4.69) is 4.98 Å². The normalized spacial score (nSPS) is 11.3. The van der Waals surface area contributed by atoms with Crippen LogP contribution in [0.2, 0.25) is 0 Å². The van der Waals surface area contributed by atoms with Gasteiger partial charge in [-0.25, -0.2) is 8.42 Å². The van der Waals surface area contributed by atoms with E-state index in [4.69, 9.17) is 4.74 Å². The Morgan fingerprint density at radius 1 is 0.862 bits per heavy atom. The average Bonchev–Trinajstić information content (AvgIpc) is 2.78. The van der Waals surface area contributed by atoms with Gasteiger partial charge in [0.25, 0.3) is 10.0 Å². The first-order valence-corrected chi connectivity index (χ1v) is 10.6. The fourth-order valence-corrected chi connectivity index (χ4v) is 4.70. The number of hydrogen-bond donors (Lipinski definition) is 0. The van der Waals surface area contributed by atoms with E-state index in [0.717, 1.165) is 16.5 Å². The number of benzene rings is 3. The summed E-state index contributed by atoms with van der Waals surface area (Å²) in [4.78, 5) is 4.71. The first kappa shape index (κ1) is 19.0. The number of hydrogen-bond acceptors (Lipinski definition) is 4. The molecule has 4 aromatic rings. The molecule has 29 heavy (non-hydrogen) atoms. The van der Waals surface area contributed by atoms with Gasteiger partial charge in [0.2, 0.25) is 0 Å². The largest absolute Gasteiger partial charge is 0.497 e. The Morgan fingerprint density at radius 3 is 2.31 bits per heavy atom. The maximum absolute atomic E-state index is 13.5. The summed E-state index contributed by atoms with van der Waals surface area (Å²) in [5, 5.41) is 0.969. The first-order chi connectivity index (χ1) is 14.1. The van der Waals surface area contributed by atoms with E-state index < -0.39 is 10.0 Å². The molecule has 6 heteroatoms. The number of sulfonamides is 1. The molecule has 0 unspecified atom stereocenters. The van der Waals surface area contributed by atoms with E-state index in [1.807, 2.05) is 30.3 Å². The minimum atomic E-state index is -3.78. The van der Waals surface area contributed by atoms with Crippen molar-refractivity contribution in [2.24, 2.45) is 0 Å². The van der Waals surface area contributed by atoms with Gasteiger partial charge in [0.1, 0.15) is 5.75 Å². The van der Waals surface area contributed by atoms with Crippen LogP contribution in [0.3, 0.4) is 0 Å². The van der Waals surface area contributed by atoms with E-state index in [9.17, 15) is 8.42 Å². The number of anilines is 1. The molecule has 5 nitrogen and oxygen atoms in total. The lowest BCUT2D eigenvalue weighted by Gasteiger charge is -2.25. The highest BCUT2D eigenvalue weighted by molar-refractivity contribution is 7.92. The monoisotopic (exact) mass is 404 g/mol. The van der Waals surface area contributed by atoms with Gasteiger partial charge in [-0.2, -0.15) is 0 Å². The zero-order chi connectivity index (χ0) is 20.3. The van der Waals surface area contributed by atoms with Gasteiger partial charge < -0.3 is 4.74 Å². The average molecular weight is 404 g/mol. The molecule has 0 atom stereocenters. The van der Waals surface area contributed by atoms with Crippen molar-refractivity contribution >= 4 is 26.6 Å². The maximum atomic E-state index is 13.5. The maximum Gasteiger partial charge on any atom is 0.264 e. The molecule has 146 valence electrons. The van der Waals surface area contributed by atoms with Crippen molar-refractivity contribution in [3.05, 3.63) is 96.7 Å². The molecule has 0 aliphatic rings. The number of methoxy groups -OCH3 is 1. The van der Waals surface area contributed by atoms with Gasteiger partial charge in [-0.15, -0.1) is 0 Å². The standard InChI is InChI=1S/C23H20N2O3S/c1-28-21-14-12-20(13-15-21)25(29(26,27)22-10-3-2-4-11-22)17-19-8-5-7-18-9-6-16-24-23(18)19/h2-16H,17H2,1H3. The second kappa shape index (κ2) is 7.93. The summed E-state index contributed by atoms with van der Waals surface area (Å²) in [6.45, 7) is 0.165.